The standard InChI is InChI=1S/C32H36N4O2/c1-22-6-5-7-23(16-22)19-35-20-25(28-8-3-4-9-30(28)35)21-36(26-10-11-26)32(38)29-18-33-14-12-27(29)24-13-15-34(2)31(37)17-24/h3-9,13,15-17,20,26-27,29,33H,10-12,14,18-19,21H2,1-2H3/t27?,29-/m0/s1. The summed E-state index contributed by atoms with van der Waals surface area (Å²) in [7, 11) is 1.77. The quantitative estimate of drug-likeness (QED) is 0.398. The highest BCUT2D eigenvalue weighted by molar-refractivity contribution is 5.86. The van der Waals surface area contributed by atoms with E-state index in [9.17, 15) is 9.59 Å². The number of nitrogens with zero attached hydrogens (tertiary/aromatic N) is 3. The monoisotopic (exact) mass is 508 g/mol. The fourth-order valence-corrected chi connectivity index (χ4v) is 6.07. The van der Waals surface area contributed by atoms with E-state index in [1.54, 1.807) is 17.7 Å². The Kier molecular flexibility index (Phi) is 6.66. The third-order valence-corrected chi connectivity index (χ3v) is 8.27. The lowest BCUT2D eigenvalue weighted by molar-refractivity contribution is -0.138. The van der Waals surface area contributed by atoms with E-state index in [1.807, 2.05) is 12.3 Å². The highest BCUT2D eigenvalue weighted by Crippen LogP contribution is 2.36. The molecule has 1 aliphatic carbocycles. The van der Waals surface area contributed by atoms with Gasteiger partial charge in [0.2, 0.25) is 5.91 Å². The fourth-order valence-electron chi connectivity index (χ4n) is 6.07. The summed E-state index contributed by atoms with van der Waals surface area (Å²) in [4.78, 5) is 28.7. The molecule has 2 fully saturated rings. The van der Waals surface area contributed by atoms with Crippen LogP contribution in [0.2, 0.25) is 0 Å². The molecule has 1 N–H and O–H groups in total. The number of carbonyl (C=O) groups excluding carboxylic acids is 1. The van der Waals surface area contributed by atoms with Crippen molar-refractivity contribution >= 4 is 16.8 Å². The second kappa shape index (κ2) is 10.3. The van der Waals surface area contributed by atoms with Gasteiger partial charge in [0.1, 0.15) is 0 Å². The van der Waals surface area contributed by atoms with Crippen LogP contribution in [0.1, 0.15) is 47.4 Å². The van der Waals surface area contributed by atoms with Gasteiger partial charge in [-0.2, -0.15) is 0 Å². The van der Waals surface area contributed by atoms with Gasteiger partial charge in [-0.3, -0.25) is 9.59 Å². The van der Waals surface area contributed by atoms with Gasteiger partial charge >= 0.3 is 0 Å². The molecule has 2 aliphatic rings. The summed E-state index contributed by atoms with van der Waals surface area (Å²) in [6, 6.07) is 21.2. The third kappa shape index (κ3) is 4.93. The van der Waals surface area contributed by atoms with Crippen LogP contribution in [0.3, 0.4) is 0 Å². The molecule has 6 nitrogen and oxygen atoms in total. The van der Waals surface area contributed by atoms with E-state index in [0.29, 0.717) is 19.1 Å². The van der Waals surface area contributed by atoms with E-state index in [1.165, 1.54) is 27.6 Å². The predicted octanol–water partition coefficient (Wildman–Crippen LogP) is 4.58. The lowest BCUT2D eigenvalue weighted by Gasteiger charge is -2.35. The predicted molar refractivity (Wildman–Crippen MR) is 151 cm³/mol. The molecule has 4 aromatic rings. The van der Waals surface area contributed by atoms with Gasteiger partial charge in [0.05, 0.1) is 5.92 Å². The van der Waals surface area contributed by atoms with Crippen molar-refractivity contribution in [2.24, 2.45) is 13.0 Å². The number of carbonyl (C=O) groups is 1. The van der Waals surface area contributed by atoms with E-state index in [2.05, 4.69) is 76.4 Å². The number of aromatic nitrogens is 2. The fraction of sp³-hybridized carbons (Fsp3) is 0.375. The Morgan fingerprint density at radius 2 is 1.89 bits per heavy atom. The summed E-state index contributed by atoms with van der Waals surface area (Å²) < 4.78 is 3.91. The number of hydrogen-bond acceptors (Lipinski definition) is 3. The van der Waals surface area contributed by atoms with Crippen molar-refractivity contribution < 1.29 is 4.79 Å². The van der Waals surface area contributed by atoms with E-state index < -0.39 is 0 Å². The molecule has 1 saturated carbocycles. The SMILES string of the molecule is Cc1cccc(Cn2cc(CN(C(=O)[C@H]3CNCCC3c3ccn(C)c(=O)c3)C3CC3)c3ccccc32)c1. The molecular weight excluding hydrogens is 472 g/mol. The van der Waals surface area contributed by atoms with Gasteiger partial charge in [-0.1, -0.05) is 48.0 Å². The molecule has 1 aliphatic heterocycles. The zero-order valence-corrected chi connectivity index (χ0v) is 22.3. The van der Waals surface area contributed by atoms with Gasteiger partial charge in [0, 0.05) is 62.1 Å². The lowest BCUT2D eigenvalue weighted by Crippen LogP contribution is -2.47. The summed E-state index contributed by atoms with van der Waals surface area (Å²) in [5, 5.41) is 4.66. The van der Waals surface area contributed by atoms with Crippen molar-refractivity contribution in [3.05, 3.63) is 106 Å². The van der Waals surface area contributed by atoms with Crippen LogP contribution in [-0.2, 0) is 24.9 Å². The van der Waals surface area contributed by atoms with Crippen LogP contribution in [-0.4, -0.2) is 39.1 Å². The Labute approximate surface area is 223 Å². The topological polar surface area (TPSA) is 59.3 Å². The van der Waals surface area contributed by atoms with Gasteiger partial charge in [-0.15, -0.1) is 0 Å². The minimum Gasteiger partial charge on any atom is -0.343 e. The van der Waals surface area contributed by atoms with Crippen LogP contribution in [0.4, 0.5) is 0 Å². The van der Waals surface area contributed by atoms with E-state index in [-0.39, 0.29) is 23.3 Å². The largest absolute Gasteiger partial charge is 0.343 e. The average Bonchev–Trinajstić information content (AvgIpc) is 3.72. The summed E-state index contributed by atoms with van der Waals surface area (Å²) in [6.07, 6.45) is 7.04. The number of benzene rings is 2. The molecule has 196 valence electrons. The minimum absolute atomic E-state index is 0.0206. The molecule has 2 aromatic heterocycles. The molecule has 0 spiro atoms. The zero-order valence-electron chi connectivity index (χ0n) is 22.3. The molecule has 0 radical (unpaired) electrons. The van der Waals surface area contributed by atoms with E-state index in [0.717, 1.165) is 37.9 Å². The number of hydrogen-bond donors (Lipinski definition) is 1. The number of amides is 1. The second-order valence-corrected chi connectivity index (χ2v) is 11.1. The Morgan fingerprint density at radius 1 is 1.05 bits per heavy atom. The van der Waals surface area contributed by atoms with Crippen LogP contribution in [0, 0.1) is 12.8 Å². The van der Waals surface area contributed by atoms with Crippen LogP contribution < -0.4 is 10.9 Å². The normalized spacial score (nSPS) is 19.5. The maximum absolute atomic E-state index is 14.2. The molecule has 2 atom stereocenters. The first-order chi connectivity index (χ1) is 18.5. The molecule has 1 saturated heterocycles. The molecule has 1 unspecified atom stereocenters. The number of piperidine rings is 1. The van der Waals surface area contributed by atoms with Crippen LogP contribution >= 0.6 is 0 Å². The number of nitrogens with one attached hydrogen (secondary N) is 1. The number of aryl methyl sites for hydroxylation is 2. The third-order valence-electron chi connectivity index (χ3n) is 8.27. The molecular formula is C32H36N4O2. The molecule has 6 rings (SSSR count). The maximum atomic E-state index is 14.2. The smallest absolute Gasteiger partial charge is 0.250 e. The van der Waals surface area contributed by atoms with Gasteiger partial charge in [0.25, 0.3) is 5.56 Å². The first-order valence-corrected chi connectivity index (χ1v) is 13.8. The van der Waals surface area contributed by atoms with Crippen LogP contribution in [0.15, 0.2) is 77.9 Å². The Balaban J connectivity index is 1.30. The van der Waals surface area contributed by atoms with Crippen molar-refractivity contribution in [2.45, 2.75) is 51.2 Å². The van der Waals surface area contributed by atoms with E-state index >= 15 is 0 Å². The average molecular weight is 509 g/mol. The summed E-state index contributed by atoms with van der Waals surface area (Å²) >= 11 is 0. The van der Waals surface area contributed by atoms with Crippen molar-refractivity contribution in [1.82, 2.24) is 19.4 Å². The molecule has 38 heavy (non-hydrogen) atoms. The summed E-state index contributed by atoms with van der Waals surface area (Å²) in [5.41, 5.74) is 5.90. The first-order valence-electron chi connectivity index (χ1n) is 13.8. The van der Waals surface area contributed by atoms with Gasteiger partial charge in [0.15, 0.2) is 0 Å². The van der Waals surface area contributed by atoms with Crippen LogP contribution in [0.5, 0.6) is 0 Å². The first kappa shape index (κ1) is 24.7. The van der Waals surface area contributed by atoms with E-state index in [4.69, 9.17) is 0 Å². The number of rotatable bonds is 7. The van der Waals surface area contributed by atoms with Crippen LogP contribution in [0.25, 0.3) is 10.9 Å². The molecule has 6 heteroatoms. The second-order valence-electron chi connectivity index (χ2n) is 11.1. The number of pyridine rings is 1. The Hall–Kier alpha value is -3.64. The van der Waals surface area contributed by atoms with Crippen molar-refractivity contribution in [3.8, 4) is 0 Å². The Morgan fingerprint density at radius 3 is 2.68 bits per heavy atom. The summed E-state index contributed by atoms with van der Waals surface area (Å²) in [6.45, 7) is 5.06. The molecule has 3 heterocycles. The number of fused-ring (bicyclic) bond motifs is 1. The van der Waals surface area contributed by atoms with Crippen molar-refractivity contribution in [2.75, 3.05) is 13.1 Å². The molecule has 1 amide bonds. The minimum atomic E-state index is -0.169. The van der Waals surface area contributed by atoms with Gasteiger partial charge in [-0.05, 0) is 67.5 Å². The highest BCUT2D eigenvalue weighted by Gasteiger charge is 2.40. The highest BCUT2D eigenvalue weighted by atomic mass is 16.2. The van der Waals surface area contributed by atoms with Gasteiger partial charge in [-0.25, -0.2) is 0 Å². The van der Waals surface area contributed by atoms with Crippen molar-refractivity contribution in [3.63, 3.8) is 0 Å². The molecule has 0 bridgehead atoms. The zero-order chi connectivity index (χ0) is 26.2. The summed E-state index contributed by atoms with van der Waals surface area (Å²) in [5.74, 6) is 0.0968. The van der Waals surface area contributed by atoms with Gasteiger partial charge < -0.3 is 19.4 Å². The lowest BCUT2D eigenvalue weighted by atomic mass is 9.80. The number of para-hydroxylation sites is 1. The Bertz CT molecular complexity index is 1530. The maximum Gasteiger partial charge on any atom is 0.250 e. The molecule has 2 aromatic carbocycles. The van der Waals surface area contributed by atoms with Crippen molar-refractivity contribution in [1.29, 1.82) is 0 Å².